The zero-order valence-electron chi connectivity index (χ0n) is 15.4. The van der Waals surface area contributed by atoms with Gasteiger partial charge in [0, 0.05) is 42.0 Å². The standard InChI is InChI=1S/C20H14F6N2O3/c21-19(22,23)17(29)8-10-27-13-4-6-15(7-5-13)31-16-3-1-2-14(12-16)28-11-9-18(30)20(24,25)26/h1-12,27-28H. The molecule has 0 unspecified atom stereocenters. The van der Waals surface area contributed by atoms with Crippen LogP contribution < -0.4 is 15.4 Å². The number of hydrogen-bond acceptors (Lipinski definition) is 5. The van der Waals surface area contributed by atoms with Gasteiger partial charge in [0.15, 0.2) is 0 Å². The highest BCUT2D eigenvalue weighted by atomic mass is 19.4. The van der Waals surface area contributed by atoms with E-state index in [1.807, 2.05) is 0 Å². The maximum absolute atomic E-state index is 12.1. The number of ketones is 2. The summed E-state index contributed by atoms with van der Waals surface area (Å²) in [5, 5.41) is 5.03. The number of carbonyl (C=O) groups is 2. The van der Waals surface area contributed by atoms with Crippen LogP contribution in [0.15, 0.2) is 73.1 Å². The quantitative estimate of drug-likeness (QED) is 0.410. The lowest BCUT2D eigenvalue weighted by atomic mass is 10.2. The molecule has 0 aliphatic heterocycles. The van der Waals surface area contributed by atoms with Crippen molar-refractivity contribution in [1.29, 1.82) is 0 Å². The zero-order valence-corrected chi connectivity index (χ0v) is 15.4. The number of carbonyl (C=O) groups excluding carboxylic acids is 2. The molecule has 0 aliphatic carbocycles. The smallest absolute Gasteiger partial charge is 0.454 e. The zero-order chi connectivity index (χ0) is 23.1. The Morgan fingerprint density at radius 3 is 1.74 bits per heavy atom. The van der Waals surface area contributed by atoms with Gasteiger partial charge in [0.25, 0.3) is 11.6 Å². The second-order valence-electron chi connectivity index (χ2n) is 5.83. The first kappa shape index (κ1) is 23.5. The number of anilines is 2. The largest absolute Gasteiger partial charge is 0.457 e. The van der Waals surface area contributed by atoms with Gasteiger partial charge in [-0.15, -0.1) is 0 Å². The van der Waals surface area contributed by atoms with Crippen LogP contribution in [0.2, 0.25) is 0 Å². The van der Waals surface area contributed by atoms with Crippen molar-refractivity contribution in [2.24, 2.45) is 0 Å². The molecule has 2 rings (SSSR count). The second kappa shape index (κ2) is 9.83. The Labute approximate surface area is 172 Å². The summed E-state index contributed by atoms with van der Waals surface area (Å²) in [4.78, 5) is 21.5. The summed E-state index contributed by atoms with van der Waals surface area (Å²) in [5.74, 6) is -3.30. The average molecular weight is 444 g/mol. The van der Waals surface area contributed by atoms with Crippen molar-refractivity contribution < 1.29 is 40.7 Å². The highest BCUT2D eigenvalue weighted by molar-refractivity contribution is 5.95. The molecular weight excluding hydrogens is 430 g/mol. The van der Waals surface area contributed by atoms with Gasteiger partial charge in [0.05, 0.1) is 0 Å². The minimum Gasteiger partial charge on any atom is -0.457 e. The molecule has 164 valence electrons. The fraction of sp³-hybridized carbons (Fsp3) is 0.100. The van der Waals surface area contributed by atoms with Gasteiger partial charge >= 0.3 is 12.4 Å². The van der Waals surface area contributed by atoms with E-state index < -0.39 is 23.9 Å². The summed E-state index contributed by atoms with van der Waals surface area (Å²) in [7, 11) is 0. The van der Waals surface area contributed by atoms with E-state index in [1.165, 1.54) is 36.4 Å². The lowest BCUT2D eigenvalue weighted by Gasteiger charge is -2.09. The van der Waals surface area contributed by atoms with Crippen LogP contribution in [0.25, 0.3) is 0 Å². The molecule has 5 nitrogen and oxygen atoms in total. The first-order chi connectivity index (χ1) is 14.4. The van der Waals surface area contributed by atoms with Gasteiger partial charge in [-0.1, -0.05) is 6.07 Å². The summed E-state index contributed by atoms with van der Waals surface area (Å²) in [5.41, 5.74) is 0.759. The SMILES string of the molecule is O=C(C=CNc1ccc(Oc2cccc(NC=CC(=O)C(F)(F)F)c2)cc1)C(F)(F)F. The number of nitrogens with one attached hydrogen (secondary N) is 2. The molecule has 0 saturated heterocycles. The van der Waals surface area contributed by atoms with Crippen LogP contribution in [0.1, 0.15) is 0 Å². The van der Waals surface area contributed by atoms with Crippen LogP contribution in [-0.2, 0) is 9.59 Å². The number of halogens is 6. The molecule has 2 N–H and O–H groups in total. The van der Waals surface area contributed by atoms with E-state index in [1.54, 1.807) is 12.1 Å². The fourth-order valence-corrected chi connectivity index (χ4v) is 2.02. The summed E-state index contributed by atoms with van der Waals surface area (Å²) < 4.78 is 78.3. The van der Waals surface area contributed by atoms with Crippen LogP contribution >= 0.6 is 0 Å². The Hall–Kier alpha value is -3.76. The molecule has 0 atom stereocenters. The molecule has 2 aromatic rings. The van der Waals surface area contributed by atoms with Crippen molar-refractivity contribution in [2.45, 2.75) is 12.4 Å². The summed E-state index contributed by atoms with van der Waals surface area (Å²) >= 11 is 0. The van der Waals surface area contributed by atoms with E-state index in [-0.39, 0.29) is 0 Å². The second-order valence-corrected chi connectivity index (χ2v) is 5.83. The molecule has 0 fully saturated rings. The summed E-state index contributed by atoms with van der Waals surface area (Å²) in [6, 6.07) is 12.1. The molecule has 0 saturated carbocycles. The van der Waals surface area contributed by atoms with Crippen molar-refractivity contribution in [3.8, 4) is 11.5 Å². The maximum Gasteiger partial charge on any atom is 0.454 e. The third kappa shape index (κ3) is 7.88. The van der Waals surface area contributed by atoms with Gasteiger partial charge in [-0.05, 0) is 36.4 Å². The van der Waals surface area contributed by atoms with Gasteiger partial charge in [0.2, 0.25) is 0 Å². The number of alkyl halides is 6. The predicted molar refractivity (Wildman–Crippen MR) is 101 cm³/mol. The summed E-state index contributed by atoms with van der Waals surface area (Å²) in [6.45, 7) is 0. The number of rotatable bonds is 8. The van der Waals surface area contributed by atoms with E-state index in [0.29, 0.717) is 35.0 Å². The van der Waals surface area contributed by atoms with Crippen LogP contribution in [0.5, 0.6) is 11.5 Å². The predicted octanol–water partition coefficient (Wildman–Crippen LogP) is 5.59. The van der Waals surface area contributed by atoms with Crippen molar-refractivity contribution in [3.05, 3.63) is 73.1 Å². The van der Waals surface area contributed by atoms with Crippen molar-refractivity contribution in [3.63, 3.8) is 0 Å². The molecule has 0 amide bonds. The van der Waals surface area contributed by atoms with E-state index in [4.69, 9.17) is 4.74 Å². The highest BCUT2D eigenvalue weighted by Gasteiger charge is 2.36. The first-order valence-corrected chi connectivity index (χ1v) is 8.41. The minimum absolute atomic E-state index is 0.330. The van der Waals surface area contributed by atoms with E-state index in [0.717, 1.165) is 12.4 Å². The van der Waals surface area contributed by atoms with Gasteiger partial charge < -0.3 is 15.4 Å². The number of hydrogen-bond donors (Lipinski definition) is 2. The molecule has 0 spiro atoms. The number of allylic oxidation sites excluding steroid dienone is 2. The van der Waals surface area contributed by atoms with Crippen LogP contribution in [0.4, 0.5) is 37.7 Å². The van der Waals surface area contributed by atoms with Crippen LogP contribution in [0.3, 0.4) is 0 Å². The third-order valence-electron chi connectivity index (χ3n) is 3.45. The minimum atomic E-state index is -4.95. The van der Waals surface area contributed by atoms with Gasteiger partial charge in [-0.3, -0.25) is 9.59 Å². The lowest BCUT2D eigenvalue weighted by molar-refractivity contribution is -0.165. The molecule has 2 aromatic carbocycles. The van der Waals surface area contributed by atoms with Crippen molar-refractivity contribution in [1.82, 2.24) is 0 Å². The lowest BCUT2D eigenvalue weighted by Crippen LogP contribution is -2.20. The number of benzene rings is 2. The Morgan fingerprint density at radius 2 is 1.23 bits per heavy atom. The Kier molecular flexibility index (Phi) is 7.46. The average Bonchev–Trinajstić information content (AvgIpc) is 2.68. The molecule has 0 aromatic heterocycles. The Bertz CT molecular complexity index is 980. The van der Waals surface area contributed by atoms with Crippen molar-refractivity contribution >= 4 is 22.9 Å². The van der Waals surface area contributed by atoms with Gasteiger partial charge in [-0.2, -0.15) is 26.3 Å². The van der Waals surface area contributed by atoms with Crippen molar-refractivity contribution in [2.75, 3.05) is 10.6 Å². The molecule has 0 aliphatic rings. The van der Waals surface area contributed by atoms with Gasteiger partial charge in [0.1, 0.15) is 11.5 Å². The first-order valence-electron chi connectivity index (χ1n) is 8.41. The maximum atomic E-state index is 12.1. The molecule has 0 radical (unpaired) electrons. The van der Waals surface area contributed by atoms with E-state index >= 15 is 0 Å². The molecule has 31 heavy (non-hydrogen) atoms. The topological polar surface area (TPSA) is 67.4 Å². The normalized spacial score (nSPS) is 12.2. The van der Waals surface area contributed by atoms with E-state index in [9.17, 15) is 35.9 Å². The molecule has 0 heterocycles. The third-order valence-corrected chi connectivity index (χ3v) is 3.45. The highest BCUT2D eigenvalue weighted by Crippen LogP contribution is 2.26. The Balaban J connectivity index is 1.94. The fourth-order valence-electron chi connectivity index (χ4n) is 2.02. The van der Waals surface area contributed by atoms with Crippen LogP contribution in [0, 0.1) is 0 Å². The molecular formula is C20H14F6N2O3. The number of ether oxygens (including phenoxy) is 1. The summed E-state index contributed by atoms with van der Waals surface area (Å²) in [6.07, 6.45) is -7.46. The van der Waals surface area contributed by atoms with Gasteiger partial charge in [-0.25, -0.2) is 0 Å². The Morgan fingerprint density at radius 1 is 0.710 bits per heavy atom. The van der Waals surface area contributed by atoms with Crippen LogP contribution in [-0.4, -0.2) is 23.9 Å². The monoisotopic (exact) mass is 444 g/mol. The molecule has 0 bridgehead atoms. The molecule has 11 heteroatoms. The van der Waals surface area contributed by atoms with E-state index in [2.05, 4.69) is 10.6 Å².